The molecule has 0 bridgehead atoms. The van der Waals surface area contributed by atoms with Gasteiger partial charge < -0.3 is 5.32 Å². The molecule has 0 unspecified atom stereocenters. The molecular weight excluding hydrogens is 220 g/mol. The van der Waals surface area contributed by atoms with Crippen LogP contribution in [0.1, 0.15) is 24.6 Å². The zero-order valence-electron chi connectivity index (χ0n) is 8.94. The van der Waals surface area contributed by atoms with Gasteiger partial charge in [0, 0.05) is 5.92 Å². The maximum Gasteiger partial charge on any atom is 0.191 e. The van der Waals surface area contributed by atoms with Gasteiger partial charge in [-0.3, -0.25) is 5.10 Å². The van der Waals surface area contributed by atoms with Gasteiger partial charge in [0.1, 0.15) is 5.82 Å². The summed E-state index contributed by atoms with van der Waals surface area (Å²) in [6.45, 7) is 2.17. The quantitative estimate of drug-likeness (QED) is 0.835. The van der Waals surface area contributed by atoms with E-state index in [1.165, 1.54) is 0 Å². The van der Waals surface area contributed by atoms with E-state index in [9.17, 15) is 0 Å². The van der Waals surface area contributed by atoms with E-state index in [4.69, 9.17) is 0 Å². The maximum atomic E-state index is 4.59. The molecular formula is C11H14N4S. The van der Waals surface area contributed by atoms with Crippen LogP contribution in [0.2, 0.25) is 0 Å². The number of nitrogens with zero attached hydrogens (tertiary/aromatic N) is 2. The molecule has 84 valence electrons. The molecule has 0 amide bonds. The molecule has 2 aromatic heterocycles. The van der Waals surface area contributed by atoms with Crippen LogP contribution in [-0.4, -0.2) is 28.3 Å². The van der Waals surface area contributed by atoms with Crippen molar-refractivity contribution >= 4 is 11.3 Å². The van der Waals surface area contributed by atoms with Gasteiger partial charge >= 0.3 is 0 Å². The molecule has 0 radical (unpaired) electrons. The second-order valence-electron chi connectivity index (χ2n) is 4.05. The van der Waals surface area contributed by atoms with Gasteiger partial charge in [-0.15, -0.1) is 11.3 Å². The smallest absolute Gasteiger partial charge is 0.191 e. The molecule has 1 aliphatic heterocycles. The van der Waals surface area contributed by atoms with Crippen molar-refractivity contribution in [1.82, 2.24) is 20.5 Å². The van der Waals surface area contributed by atoms with Crippen molar-refractivity contribution in [1.29, 1.82) is 0 Å². The first-order valence-corrected chi connectivity index (χ1v) is 6.48. The van der Waals surface area contributed by atoms with Crippen LogP contribution in [0.5, 0.6) is 0 Å². The van der Waals surface area contributed by atoms with Gasteiger partial charge in [-0.25, -0.2) is 4.98 Å². The highest BCUT2D eigenvalue weighted by atomic mass is 32.1. The van der Waals surface area contributed by atoms with Gasteiger partial charge in [0.2, 0.25) is 0 Å². The number of hydrogen-bond donors (Lipinski definition) is 2. The molecule has 0 saturated carbocycles. The van der Waals surface area contributed by atoms with Crippen molar-refractivity contribution in [3.8, 4) is 10.7 Å². The van der Waals surface area contributed by atoms with Gasteiger partial charge in [0.05, 0.1) is 4.88 Å². The summed E-state index contributed by atoms with van der Waals surface area (Å²) in [6, 6.07) is 4.08. The molecule has 5 heteroatoms. The highest BCUT2D eigenvalue weighted by Gasteiger charge is 2.19. The Morgan fingerprint density at radius 3 is 2.94 bits per heavy atom. The van der Waals surface area contributed by atoms with E-state index in [2.05, 4.69) is 31.9 Å². The Balaban J connectivity index is 1.82. The fourth-order valence-electron chi connectivity index (χ4n) is 2.07. The third-order valence-corrected chi connectivity index (χ3v) is 3.84. The summed E-state index contributed by atoms with van der Waals surface area (Å²) in [7, 11) is 0. The number of aromatic amines is 1. The summed E-state index contributed by atoms with van der Waals surface area (Å²) in [5, 5.41) is 12.8. The third kappa shape index (κ3) is 1.88. The minimum atomic E-state index is 0.544. The second-order valence-corrected chi connectivity index (χ2v) is 4.99. The Labute approximate surface area is 98.1 Å². The minimum absolute atomic E-state index is 0.544. The van der Waals surface area contributed by atoms with Crippen LogP contribution in [-0.2, 0) is 0 Å². The lowest BCUT2D eigenvalue weighted by molar-refractivity contribution is 0.446. The molecule has 1 aliphatic rings. The van der Waals surface area contributed by atoms with Crippen molar-refractivity contribution in [3.05, 3.63) is 23.3 Å². The summed E-state index contributed by atoms with van der Waals surface area (Å²) in [5.74, 6) is 2.43. The summed E-state index contributed by atoms with van der Waals surface area (Å²) < 4.78 is 0. The van der Waals surface area contributed by atoms with Gasteiger partial charge in [-0.2, -0.15) is 5.10 Å². The van der Waals surface area contributed by atoms with Crippen LogP contribution >= 0.6 is 11.3 Å². The lowest BCUT2D eigenvalue weighted by Gasteiger charge is -2.19. The average molecular weight is 234 g/mol. The summed E-state index contributed by atoms with van der Waals surface area (Å²) in [5.41, 5.74) is 0. The lowest BCUT2D eigenvalue weighted by atomic mass is 9.98. The topological polar surface area (TPSA) is 53.6 Å². The lowest BCUT2D eigenvalue weighted by Crippen LogP contribution is -2.27. The molecule has 2 N–H and O–H groups in total. The van der Waals surface area contributed by atoms with E-state index in [0.717, 1.165) is 42.5 Å². The van der Waals surface area contributed by atoms with Gasteiger partial charge in [0.15, 0.2) is 5.82 Å². The van der Waals surface area contributed by atoms with Crippen molar-refractivity contribution in [2.24, 2.45) is 0 Å². The SMILES string of the molecule is c1csc(-c2n[nH]c(C3CCNCC3)n2)c1. The van der Waals surface area contributed by atoms with Gasteiger partial charge in [-0.1, -0.05) is 6.07 Å². The van der Waals surface area contributed by atoms with Crippen LogP contribution in [0.25, 0.3) is 10.7 Å². The third-order valence-electron chi connectivity index (χ3n) is 2.97. The predicted molar refractivity (Wildman–Crippen MR) is 64.5 cm³/mol. The van der Waals surface area contributed by atoms with Crippen molar-refractivity contribution in [2.45, 2.75) is 18.8 Å². The average Bonchev–Trinajstić information content (AvgIpc) is 3.01. The Kier molecular flexibility index (Phi) is 2.71. The normalized spacial score (nSPS) is 17.8. The standard InChI is InChI=1S/C11H14N4S/c1-2-9(16-7-1)11-13-10(14-15-11)8-3-5-12-6-4-8/h1-2,7-8,12H,3-6H2,(H,13,14,15). The molecule has 2 aromatic rings. The van der Waals surface area contributed by atoms with Crippen LogP contribution in [0.4, 0.5) is 0 Å². The number of nitrogens with one attached hydrogen (secondary N) is 2. The zero-order valence-corrected chi connectivity index (χ0v) is 9.76. The van der Waals surface area contributed by atoms with Crippen LogP contribution < -0.4 is 5.32 Å². The zero-order chi connectivity index (χ0) is 10.8. The van der Waals surface area contributed by atoms with E-state index in [1.54, 1.807) is 11.3 Å². The minimum Gasteiger partial charge on any atom is -0.317 e. The molecule has 0 atom stereocenters. The second kappa shape index (κ2) is 4.35. The fourth-order valence-corrected chi connectivity index (χ4v) is 2.73. The monoisotopic (exact) mass is 234 g/mol. The fraction of sp³-hybridized carbons (Fsp3) is 0.455. The first-order valence-electron chi connectivity index (χ1n) is 5.60. The van der Waals surface area contributed by atoms with Crippen LogP contribution in [0.15, 0.2) is 17.5 Å². The molecule has 16 heavy (non-hydrogen) atoms. The molecule has 0 spiro atoms. The van der Waals surface area contributed by atoms with E-state index in [0.29, 0.717) is 5.92 Å². The molecule has 1 fully saturated rings. The first kappa shape index (κ1) is 9.99. The highest BCUT2D eigenvalue weighted by Crippen LogP contribution is 2.25. The number of aromatic nitrogens is 3. The summed E-state index contributed by atoms with van der Waals surface area (Å²) in [4.78, 5) is 5.73. The molecule has 1 saturated heterocycles. The Morgan fingerprint density at radius 2 is 2.19 bits per heavy atom. The molecule has 3 rings (SSSR count). The maximum absolute atomic E-state index is 4.59. The number of thiophene rings is 1. The Bertz CT molecular complexity index is 442. The number of hydrogen-bond acceptors (Lipinski definition) is 4. The van der Waals surface area contributed by atoms with Crippen molar-refractivity contribution in [2.75, 3.05) is 13.1 Å². The van der Waals surface area contributed by atoms with Crippen LogP contribution in [0, 0.1) is 0 Å². The van der Waals surface area contributed by atoms with E-state index >= 15 is 0 Å². The molecule has 3 heterocycles. The predicted octanol–water partition coefficient (Wildman–Crippen LogP) is 2.00. The number of piperidine rings is 1. The van der Waals surface area contributed by atoms with Crippen LogP contribution in [0.3, 0.4) is 0 Å². The van der Waals surface area contributed by atoms with Gasteiger partial charge in [-0.05, 0) is 37.4 Å². The number of H-pyrrole nitrogens is 1. The van der Waals surface area contributed by atoms with E-state index in [1.807, 2.05) is 6.07 Å². The Morgan fingerprint density at radius 1 is 1.31 bits per heavy atom. The highest BCUT2D eigenvalue weighted by molar-refractivity contribution is 7.13. The summed E-state index contributed by atoms with van der Waals surface area (Å²) in [6.07, 6.45) is 2.30. The largest absolute Gasteiger partial charge is 0.317 e. The van der Waals surface area contributed by atoms with E-state index < -0.39 is 0 Å². The van der Waals surface area contributed by atoms with Crippen molar-refractivity contribution < 1.29 is 0 Å². The molecule has 0 aliphatic carbocycles. The molecule has 0 aromatic carbocycles. The number of rotatable bonds is 2. The Hall–Kier alpha value is -1.20. The summed E-state index contributed by atoms with van der Waals surface area (Å²) >= 11 is 1.68. The van der Waals surface area contributed by atoms with E-state index in [-0.39, 0.29) is 0 Å². The van der Waals surface area contributed by atoms with Gasteiger partial charge in [0.25, 0.3) is 0 Å². The molecule has 4 nitrogen and oxygen atoms in total. The first-order chi connectivity index (χ1) is 7.93. The van der Waals surface area contributed by atoms with Crippen molar-refractivity contribution in [3.63, 3.8) is 0 Å².